The third-order valence-electron chi connectivity index (χ3n) is 8.21. The third kappa shape index (κ3) is 6.38. The first-order valence-electron chi connectivity index (χ1n) is 13.8. The second-order valence-electron chi connectivity index (χ2n) is 13.3. The molecule has 0 saturated carbocycles. The molecule has 2 aliphatic rings. The molecule has 0 aliphatic carbocycles. The fraction of sp³-hybridized carbons (Fsp3) is 0.600. The van der Waals surface area contributed by atoms with Crippen molar-refractivity contribution in [1.82, 2.24) is 9.34 Å². The summed E-state index contributed by atoms with van der Waals surface area (Å²) in [4.78, 5) is 22.2. The van der Waals surface area contributed by atoms with Gasteiger partial charge in [-0.25, -0.2) is 9.34 Å². The van der Waals surface area contributed by atoms with Gasteiger partial charge < -0.3 is 18.8 Å². The summed E-state index contributed by atoms with van der Waals surface area (Å²) in [6.07, 6.45) is 6.50. The fourth-order valence-corrected chi connectivity index (χ4v) is 9.62. The zero-order valence-electron chi connectivity index (χ0n) is 24.4. The molecule has 2 aromatic carbocycles. The summed E-state index contributed by atoms with van der Waals surface area (Å²) in [7, 11) is -3.51. The van der Waals surface area contributed by atoms with Gasteiger partial charge in [0.1, 0.15) is 11.5 Å². The van der Waals surface area contributed by atoms with Crippen LogP contribution in [0.3, 0.4) is 0 Å². The van der Waals surface area contributed by atoms with Crippen LogP contribution in [-0.4, -0.2) is 41.3 Å². The molecule has 6 nitrogen and oxygen atoms in total. The van der Waals surface area contributed by atoms with Crippen molar-refractivity contribution in [3.63, 3.8) is 0 Å². The standard InChI is InChI=1S/C30H46N2O4P2/c1-27(2)19-9-20-28(3,4)31(27)37(33)35-25-15-11-23(12-16-25)24-13-17-26(18-14-24)36-38(34)32-29(5,6)21-10-22-30(32,7)8/h11-18,33-34H,9-10,19-22H2,1-8H3. The normalized spacial score (nSPS) is 24.4. The van der Waals surface area contributed by atoms with Gasteiger partial charge in [0, 0.05) is 22.2 Å². The van der Waals surface area contributed by atoms with Gasteiger partial charge >= 0.3 is 17.1 Å². The van der Waals surface area contributed by atoms with E-state index in [-0.39, 0.29) is 22.2 Å². The summed E-state index contributed by atoms with van der Waals surface area (Å²) >= 11 is 0. The Labute approximate surface area is 232 Å². The number of nitrogens with zero attached hydrogens (tertiary/aromatic N) is 2. The number of benzene rings is 2. The highest BCUT2D eigenvalue weighted by molar-refractivity contribution is 7.44. The molecule has 2 unspecified atom stereocenters. The first-order chi connectivity index (χ1) is 17.6. The van der Waals surface area contributed by atoms with E-state index in [1.807, 2.05) is 48.5 Å². The van der Waals surface area contributed by atoms with E-state index in [0.29, 0.717) is 11.5 Å². The maximum atomic E-state index is 11.1. The predicted octanol–water partition coefficient (Wildman–Crippen LogP) is 8.64. The molecule has 210 valence electrons. The van der Waals surface area contributed by atoms with Gasteiger partial charge in [-0.05, 0) is 129 Å². The summed E-state index contributed by atoms with van der Waals surface area (Å²) in [5.74, 6) is 1.33. The van der Waals surface area contributed by atoms with Crippen molar-refractivity contribution in [3.05, 3.63) is 48.5 Å². The highest BCUT2D eigenvalue weighted by Crippen LogP contribution is 2.54. The maximum absolute atomic E-state index is 11.1. The van der Waals surface area contributed by atoms with E-state index in [9.17, 15) is 9.79 Å². The van der Waals surface area contributed by atoms with E-state index in [0.717, 1.165) is 49.7 Å². The van der Waals surface area contributed by atoms with Crippen LogP contribution in [-0.2, 0) is 0 Å². The number of rotatable bonds is 7. The maximum Gasteiger partial charge on any atom is 0.319 e. The average molecular weight is 561 g/mol. The lowest BCUT2D eigenvalue weighted by Crippen LogP contribution is -2.55. The second-order valence-corrected chi connectivity index (χ2v) is 15.5. The van der Waals surface area contributed by atoms with Crippen molar-refractivity contribution in [2.24, 2.45) is 0 Å². The van der Waals surface area contributed by atoms with E-state index >= 15 is 0 Å². The van der Waals surface area contributed by atoms with Crippen molar-refractivity contribution >= 4 is 17.1 Å². The highest BCUT2D eigenvalue weighted by Gasteiger charge is 2.48. The minimum absolute atomic E-state index is 0.111. The van der Waals surface area contributed by atoms with Crippen LogP contribution in [0.5, 0.6) is 11.5 Å². The molecule has 0 amide bonds. The summed E-state index contributed by atoms with van der Waals surface area (Å²) in [5.41, 5.74) is 1.66. The van der Waals surface area contributed by atoms with E-state index in [2.05, 4.69) is 64.7 Å². The smallest absolute Gasteiger partial charge is 0.319 e. The molecule has 0 radical (unpaired) electrons. The molecule has 2 aromatic rings. The number of piperidine rings is 2. The minimum Gasteiger partial charge on any atom is -0.436 e. The quantitative estimate of drug-likeness (QED) is 0.331. The zero-order chi connectivity index (χ0) is 27.9. The molecule has 0 bridgehead atoms. The van der Waals surface area contributed by atoms with Crippen molar-refractivity contribution in [2.45, 2.75) is 116 Å². The molecule has 2 atom stereocenters. The van der Waals surface area contributed by atoms with Gasteiger partial charge in [-0.1, -0.05) is 24.3 Å². The molecule has 2 saturated heterocycles. The van der Waals surface area contributed by atoms with Crippen molar-refractivity contribution in [1.29, 1.82) is 0 Å². The van der Waals surface area contributed by atoms with E-state index in [1.165, 1.54) is 0 Å². The van der Waals surface area contributed by atoms with Crippen LogP contribution in [0.25, 0.3) is 11.1 Å². The summed E-state index contributed by atoms with van der Waals surface area (Å²) < 4.78 is 16.5. The first-order valence-corrected chi connectivity index (χ1v) is 16.1. The SMILES string of the molecule is CC1(C)CCCC(C)(C)N1P(O)Oc1ccc(-c2ccc(OP(O)N3C(C)(C)CCCC3(C)C)cc2)cc1. The Balaban J connectivity index is 1.41. The first kappa shape index (κ1) is 29.7. The highest BCUT2D eigenvalue weighted by atomic mass is 31.2. The number of hydrogen-bond acceptors (Lipinski definition) is 6. The van der Waals surface area contributed by atoms with Crippen molar-refractivity contribution < 1.29 is 18.8 Å². The second kappa shape index (κ2) is 11.0. The lowest BCUT2D eigenvalue weighted by atomic mass is 9.83. The molecule has 0 spiro atoms. The van der Waals surface area contributed by atoms with Crippen molar-refractivity contribution in [2.75, 3.05) is 0 Å². The molecule has 38 heavy (non-hydrogen) atoms. The van der Waals surface area contributed by atoms with E-state index < -0.39 is 17.1 Å². The van der Waals surface area contributed by atoms with Gasteiger partial charge in [-0.3, -0.25) is 0 Å². The summed E-state index contributed by atoms with van der Waals surface area (Å²) in [6.45, 7) is 17.5. The molecule has 4 rings (SSSR count). The Morgan fingerprint density at radius 1 is 0.526 bits per heavy atom. The van der Waals surface area contributed by atoms with Gasteiger partial charge in [0.2, 0.25) is 0 Å². The van der Waals surface area contributed by atoms with Crippen LogP contribution in [0.4, 0.5) is 0 Å². The Morgan fingerprint density at radius 2 is 0.789 bits per heavy atom. The van der Waals surface area contributed by atoms with Gasteiger partial charge in [0.25, 0.3) is 0 Å². The lowest BCUT2D eigenvalue weighted by molar-refractivity contribution is 0.0420. The molecular formula is C30H46N2O4P2. The summed E-state index contributed by atoms with van der Waals surface area (Å²) in [5, 5.41) is 0. The average Bonchev–Trinajstić information content (AvgIpc) is 2.77. The van der Waals surface area contributed by atoms with Crippen LogP contribution < -0.4 is 9.05 Å². The summed E-state index contributed by atoms with van der Waals surface area (Å²) in [6, 6.07) is 15.7. The Morgan fingerprint density at radius 3 is 1.05 bits per heavy atom. The van der Waals surface area contributed by atoms with E-state index in [1.54, 1.807) is 0 Å². The van der Waals surface area contributed by atoms with Gasteiger partial charge in [0.05, 0.1) is 0 Å². The molecule has 2 heterocycles. The molecule has 2 N–H and O–H groups in total. The fourth-order valence-electron chi connectivity index (χ4n) is 6.58. The molecule has 2 fully saturated rings. The zero-order valence-corrected chi connectivity index (χ0v) is 26.2. The monoisotopic (exact) mass is 560 g/mol. The van der Waals surface area contributed by atoms with Crippen LogP contribution in [0, 0.1) is 0 Å². The van der Waals surface area contributed by atoms with Crippen LogP contribution in [0.15, 0.2) is 48.5 Å². The van der Waals surface area contributed by atoms with Crippen molar-refractivity contribution in [3.8, 4) is 22.6 Å². The van der Waals surface area contributed by atoms with Crippen LogP contribution in [0.1, 0.15) is 93.9 Å². The third-order valence-corrected chi connectivity index (χ3v) is 11.8. The Bertz CT molecular complexity index is 967. The van der Waals surface area contributed by atoms with Gasteiger partial charge in [0.15, 0.2) is 0 Å². The molecule has 2 aliphatic heterocycles. The Kier molecular flexibility index (Phi) is 8.57. The predicted molar refractivity (Wildman–Crippen MR) is 159 cm³/mol. The largest absolute Gasteiger partial charge is 0.436 e. The lowest BCUT2D eigenvalue weighted by Gasteiger charge is -2.52. The Hall–Kier alpha value is -1.26. The molecule has 8 heteroatoms. The topological polar surface area (TPSA) is 65.4 Å². The minimum atomic E-state index is -1.76. The van der Waals surface area contributed by atoms with E-state index in [4.69, 9.17) is 9.05 Å². The van der Waals surface area contributed by atoms with Gasteiger partial charge in [-0.15, -0.1) is 0 Å². The molecular weight excluding hydrogens is 514 g/mol. The van der Waals surface area contributed by atoms with Crippen LogP contribution >= 0.6 is 17.1 Å². The van der Waals surface area contributed by atoms with Gasteiger partial charge in [-0.2, -0.15) is 0 Å². The molecule has 0 aromatic heterocycles. The number of hydrogen-bond donors (Lipinski definition) is 2. The van der Waals surface area contributed by atoms with Crippen LogP contribution in [0.2, 0.25) is 0 Å².